The summed E-state index contributed by atoms with van der Waals surface area (Å²) in [4.78, 5) is 11.4. The highest BCUT2D eigenvalue weighted by Gasteiger charge is 2.16. The van der Waals surface area contributed by atoms with E-state index < -0.39 is 10.0 Å². The summed E-state index contributed by atoms with van der Waals surface area (Å²) in [6, 6.07) is 10.6. The number of methoxy groups -OCH3 is 1. The topological polar surface area (TPSA) is 81.7 Å². The molecule has 0 aliphatic heterocycles. The Labute approximate surface area is 141 Å². The van der Waals surface area contributed by atoms with E-state index in [9.17, 15) is 13.2 Å². The van der Waals surface area contributed by atoms with Crippen molar-refractivity contribution >= 4 is 21.5 Å². The highest BCUT2D eigenvalue weighted by Crippen LogP contribution is 2.31. The summed E-state index contributed by atoms with van der Waals surface area (Å²) in [6.45, 7) is 3.70. The van der Waals surface area contributed by atoms with Gasteiger partial charge >= 0.3 is 0 Å². The highest BCUT2D eigenvalue weighted by molar-refractivity contribution is 7.92. The maximum atomic E-state index is 12.5. The Balaban J connectivity index is 2.32. The monoisotopic (exact) mass is 349 g/mol. The minimum atomic E-state index is -3.82. The van der Waals surface area contributed by atoms with Crippen molar-refractivity contribution in [3.8, 4) is 11.5 Å². The minimum Gasteiger partial charge on any atom is -0.493 e. The third-order valence-corrected chi connectivity index (χ3v) is 4.65. The molecule has 0 saturated heterocycles. The first-order valence-electron chi connectivity index (χ1n) is 7.32. The van der Waals surface area contributed by atoms with Gasteiger partial charge in [0.1, 0.15) is 0 Å². The van der Waals surface area contributed by atoms with Crippen LogP contribution < -0.4 is 14.2 Å². The van der Waals surface area contributed by atoms with Gasteiger partial charge < -0.3 is 9.47 Å². The average molecular weight is 349 g/mol. The number of hydrogen-bond acceptors (Lipinski definition) is 5. The molecule has 24 heavy (non-hydrogen) atoms. The molecule has 0 bridgehead atoms. The summed E-state index contributed by atoms with van der Waals surface area (Å²) in [5.74, 6) is 0.755. The number of hydrogen-bond donors (Lipinski definition) is 1. The standard InChI is InChI=1S/C17H19NO5S/c1-4-23-16-9-8-14(11-17(16)22-3)18-24(20,21)15-7-5-6-13(10-15)12(2)19/h5-11,18H,4H2,1-3H3. The second kappa shape index (κ2) is 7.35. The Kier molecular flexibility index (Phi) is 5.46. The van der Waals surface area contributed by atoms with Gasteiger partial charge in [0.25, 0.3) is 10.0 Å². The molecule has 2 rings (SSSR count). The van der Waals surface area contributed by atoms with Crippen LogP contribution in [0, 0.1) is 0 Å². The summed E-state index contributed by atoms with van der Waals surface area (Å²) in [7, 11) is -2.34. The number of carbonyl (C=O) groups excluding carboxylic acids is 1. The number of ether oxygens (including phenoxy) is 2. The molecule has 2 aromatic rings. The molecule has 7 heteroatoms. The molecule has 0 atom stereocenters. The van der Waals surface area contributed by atoms with Gasteiger partial charge in [-0.15, -0.1) is 0 Å². The zero-order chi connectivity index (χ0) is 17.7. The van der Waals surface area contributed by atoms with Crippen LogP contribution in [0.1, 0.15) is 24.2 Å². The summed E-state index contributed by atoms with van der Waals surface area (Å²) < 4.78 is 38.1. The van der Waals surface area contributed by atoms with Crippen LogP contribution in [0.2, 0.25) is 0 Å². The first kappa shape index (κ1) is 17.8. The average Bonchev–Trinajstić information content (AvgIpc) is 2.56. The fourth-order valence-electron chi connectivity index (χ4n) is 2.10. The third-order valence-electron chi connectivity index (χ3n) is 3.27. The highest BCUT2D eigenvalue weighted by atomic mass is 32.2. The fraction of sp³-hybridized carbons (Fsp3) is 0.235. The Morgan fingerprint density at radius 2 is 1.88 bits per heavy atom. The van der Waals surface area contributed by atoms with Crippen LogP contribution in [0.25, 0.3) is 0 Å². The molecule has 128 valence electrons. The number of anilines is 1. The zero-order valence-corrected chi connectivity index (χ0v) is 14.5. The van der Waals surface area contributed by atoms with Crippen LogP contribution in [-0.4, -0.2) is 27.9 Å². The molecule has 0 aliphatic carbocycles. The molecule has 0 aromatic heterocycles. The van der Waals surface area contributed by atoms with Crippen molar-refractivity contribution in [2.75, 3.05) is 18.4 Å². The molecule has 0 aliphatic rings. The van der Waals surface area contributed by atoms with E-state index in [1.807, 2.05) is 6.92 Å². The van der Waals surface area contributed by atoms with Crippen LogP contribution in [0.15, 0.2) is 47.4 Å². The molecule has 6 nitrogen and oxygen atoms in total. The molecular formula is C17H19NO5S. The Morgan fingerprint density at radius 1 is 1.12 bits per heavy atom. The molecule has 0 spiro atoms. The largest absolute Gasteiger partial charge is 0.493 e. The normalized spacial score (nSPS) is 11.0. The zero-order valence-electron chi connectivity index (χ0n) is 13.7. The number of sulfonamides is 1. The van der Waals surface area contributed by atoms with E-state index in [0.29, 0.717) is 29.4 Å². The second-order valence-corrected chi connectivity index (χ2v) is 6.67. The van der Waals surface area contributed by atoms with Crippen molar-refractivity contribution in [3.05, 3.63) is 48.0 Å². The maximum absolute atomic E-state index is 12.5. The number of rotatable bonds is 7. The van der Waals surface area contributed by atoms with Crippen molar-refractivity contribution in [2.45, 2.75) is 18.7 Å². The molecular weight excluding hydrogens is 330 g/mol. The molecule has 0 amide bonds. The van der Waals surface area contributed by atoms with E-state index in [-0.39, 0.29) is 10.7 Å². The van der Waals surface area contributed by atoms with Crippen molar-refractivity contribution in [2.24, 2.45) is 0 Å². The first-order valence-corrected chi connectivity index (χ1v) is 8.80. The number of benzene rings is 2. The van der Waals surface area contributed by atoms with E-state index in [1.54, 1.807) is 18.2 Å². The number of Topliss-reactive ketones (excluding diaryl/α,β-unsaturated/α-hetero) is 1. The lowest BCUT2D eigenvalue weighted by Crippen LogP contribution is -2.13. The van der Waals surface area contributed by atoms with Gasteiger partial charge in [-0.25, -0.2) is 8.42 Å². The van der Waals surface area contributed by atoms with Crippen molar-refractivity contribution in [3.63, 3.8) is 0 Å². The lowest BCUT2D eigenvalue weighted by Gasteiger charge is -2.13. The molecule has 0 saturated carbocycles. The fourth-order valence-corrected chi connectivity index (χ4v) is 3.20. The molecule has 0 radical (unpaired) electrons. The van der Waals surface area contributed by atoms with E-state index in [2.05, 4.69) is 4.72 Å². The molecule has 0 unspecified atom stereocenters. The summed E-state index contributed by atoms with van der Waals surface area (Å²) >= 11 is 0. The van der Waals surface area contributed by atoms with Crippen LogP contribution >= 0.6 is 0 Å². The first-order chi connectivity index (χ1) is 11.4. The van der Waals surface area contributed by atoms with Crippen LogP contribution in [0.4, 0.5) is 5.69 Å². The predicted molar refractivity (Wildman–Crippen MR) is 91.4 cm³/mol. The van der Waals surface area contributed by atoms with Crippen LogP contribution in [0.5, 0.6) is 11.5 Å². The molecule has 1 N–H and O–H groups in total. The molecule has 0 fully saturated rings. The van der Waals surface area contributed by atoms with Gasteiger partial charge in [-0.1, -0.05) is 12.1 Å². The Morgan fingerprint density at radius 3 is 2.50 bits per heavy atom. The lowest BCUT2D eigenvalue weighted by atomic mass is 10.2. The van der Waals surface area contributed by atoms with Gasteiger partial charge in [0.05, 0.1) is 24.3 Å². The minimum absolute atomic E-state index is 0.0167. The Bertz CT molecular complexity index is 846. The number of carbonyl (C=O) groups is 1. The summed E-state index contributed by atoms with van der Waals surface area (Å²) in [5.41, 5.74) is 0.672. The third kappa shape index (κ3) is 4.05. The second-order valence-electron chi connectivity index (χ2n) is 4.99. The molecule has 2 aromatic carbocycles. The van der Waals surface area contributed by atoms with E-state index in [0.717, 1.165) is 0 Å². The Hall–Kier alpha value is -2.54. The van der Waals surface area contributed by atoms with Crippen LogP contribution in [-0.2, 0) is 10.0 Å². The summed E-state index contributed by atoms with van der Waals surface area (Å²) in [5, 5.41) is 0. The maximum Gasteiger partial charge on any atom is 0.261 e. The van der Waals surface area contributed by atoms with Gasteiger partial charge in [-0.3, -0.25) is 9.52 Å². The SMILES string of the molecule is CCOc1ccc(NS(=O)(=O)c2cccc(C(C)=O)c2)cc1OC. The predicted octanol–water partition coefficient (Wildman–Crippen LogP) is 3.10. The van der Waals surface area contributed by atoms with E-state index >= 15 is 0 Å². The van der Waals surface area contributed by atoms with Gasteiger partial charge in [0.15, 0.2) is 17.3 Å². The molecule has 0 heterocycles. The number of ketones is 1. The summed E-state index contributed by atoms with van der Waals surface area (Å²) in [6.07, 6.45) is 0. The van der Waals surface area contributed by atoms with E-state index in [4.69, 9.17) is 9.47 Å². The van der Waals surface area contributed by atoms with Crippen molar-refractivity contribution < 1.29 is 22.7 Å². The lowest BCUT2D eigenvalue weighted by molar-refractivity contribution is 0.101. The van der Waals surface area contributed by atoms with Gasteiger partial charge in [0, 0.05) is 11.6 Å². The van der Waals surface area contributed by atoms with Crippen molar-refractivity contribution in [1.82, 2.24) is 0 Å². The van der Waals surface area contributed by atoms with Crippen LogP contribution in [0.3, 0.4) is 0 Å². The van der Waals surface area contributed by atoms with Gasteiger partial charge in [-0.2, -0.15) is 0 Å². The van der Waals surface area contributed by atoms with Gasteiger partial charge in [-0.05, 0) is 38.1 Å². The quantitative estimate of drug-likeness (QED) is 0.777. The number of nitrogens with one attached hydrogen (secondary N) is 1. The smallest absolute Gasteiger partial charge is 0.261 e. The van der Waals surface area contributed by atoms with Crippen molar-refractivity contribution in [1.29, 1.82) is 0 Å². The van der Waals surface area contributed by atoms with Gasteiger partial charge in [0.2, 0.25) is 0 Å². The van der Waals surface area contributed by atoms with E-state index in [1.165, 1.54) is 38.3 Å².